The summed E-state index contributed by atoms with van der Waals surface area (Å²) in [5.41, 5.74) is 0. The first-order chi connectivity index (χ1) is 6.13. The molecule has 0 spiro atoms. The van der Waals surface area contributed by atoms with E-state index in [-0.39, 0.29) is 10.8 Å². The topological polar surface area (TPSA) is 49.9 Å². The van der Waals surface area contributed by atoms with Crippen LogP contribution >= 0.6 is 15.9 Å². The van der Waals surface area contributed by atoms with Crippen molar-refractivity contribution in [1.29, 1.82) is 0 Å². The Labute approximate surface area is 86.4 Å². The largest absolute Gasteiger partial charge is 0.368 e. The summed E-state index contributed by atoms with van der Waals surface area (Å²) in [6.07, 6.45) is 2.40. The van der Waals surface area contributed by atoms with Crippen LogP contribution in [0.3, 0.4) is 0 Å². The Hall–Kier alpha value is 0.350. The lowest BCUT2D eigenvalue weighted by Gasteiger charge is -2.18. The number of sulfonamides is 1. The lowest BCUT2D eigenvalue weighted by molar-refractivity contribution is 0.297. The highest BCUT2D eigenvalue weighted by Gasteiger charge is 2.43. The third kappa shape index (κ3) is 2.06. The molecular weight excluding hydrogens is 258 g/mol. The second-order valence-electron chi connectivity index (χ2n) is 3.43. The van der Waals surface area contributed by atoms with Gasteiger partial charge in [-0.05, 0) is 12.8 Å². The first-order valence-corrected chi connectivity index (χ1v) is 7.06. The maximum absolute atomic E-state index is 11.5. The Bertz CT molecular complexity index is 292. The molecule has 2 saturated heterocycles. The zero-order valence-electron chi connectivity index (χ0n) is 7.15. The van der Waals surface area contributed by atoms with Crippen LogP contribution in [0.5, 0.6) is 0 Å². The Kier molecular flexibility index (Phi) is 2.65. The van der Waals surface area contributed by atoms with Gasteiger partial charge in [-0.1, -0.05) is 15.9 Å². The fourth-order valence-corrected chi connectivity index (χ4v) is 3.46. The van der Waals surface area contributed by atoms with Crippen LogP contribution in [-0.2, 0) is 14.8 Å². The van der Waals surface area contributed by atoms with Crippen LogP contribution in [0.25, 0.3) is 0 Å². The summed E-state index contributed by atoms with van der Waals surface area (Å²) in [5.74, 6) is 0. The van der Waals surface area contributed by atoms with E-state index >= 15 is 0 Å². The van der Waals surface area contributed by atoms with E-state index in [2.05, 4.69) is 15.9 Å². The molecule has 0 radical (unpaired) electrons. The minimum absolute atomic E-state index is 0.0113. The van der Waals surface area contributed by atoms with Crippen molar-refractivity contribution >= 4 is 26.0 Å². The van der Waals surface area contributed by atoms with Crippen LogP contribution in [-0.4, -0.2) is 42.7 Å². The molecule has 2 fully saturated rings. The molecule has 2 rings (SSSR count). The van der Waals surface area contributed by atoms with Crippen molar-refractivity contribution in [2.24, 2.45) is 0 Å². The summed E-state index contributed by atoms with van der Waals surface area (Å²) < 4.78 is 29.8. The third-order valence-corrected chi connectivity index (χ3v) is 5.63. The first-order valence-electron chi connectivity index (χ1n) is 4.33. The van der Waals surface area contributed by atoms with Gasteiger partial charge in [0, 0.05) is 13.1 Å². The second-order valence-corrected chi connectivity index (χ2v) is 6.71. The highest BCUT2D eigenvalue weighted by molar-refractivity contribution is 9.10. The van der Waals surface area contributed by atoms with Gasteiger partial charge in [0.15, 0.2) is 0 Å². The van der Waals surface area contributed by atoms with Gasteiger partial charge in [-0.15, -0.1) is 0 Å². The molecule has 0 N–H and O–H groups in total. The van der Waals surface area contributed by atoms with Crippen LogP contribution in [0, 0.1) is 0 Å². The van der Waals surface area contributed by atoms with E-state index in [0.717, 1.165) is 12.8 Å². The molecule has 0 bridgehead atoms. The Morgan fingerprint density at radius 2 is 2.23 bits per heavy atom. The number of halogens is 1. The van der Waals surface area contributed by atoms with Crippen molar-refractivity contribution in [3.05, 3.63) is 0 Å². The highest BCUT2D eigenvalue weighted by Crippen LogP contribution is 2.31. The Balaban J connectivity index is 2.06. The summed E-state index contributed by atoms with van der Waals surface area (Å²) in [6, 6.07) is 0. The van der Waals surface area contributed by atoms with Crippen LogP contribution in [0.4, 0.5) is 0 Å². The molecule has 0 aliphatic carbocycles. The van der Waals surface area contributed by atoms with Gasteiger partial charge in [0.2, 0.25) is 10.0 Å². The van der Waals surface area contributed by atoms with Crippen molar-refractivity contribution in [3.63, 3.8) is 0 Å². The molecule has 0 aromatic rings. The quantitative estimate of drug-likeness (QED) is 0.543. The molecule has 2 heterocycles. The van der Waals surface area contributed by atoms with Gasteiger partial charge in [0.05, 0.1) is 12.2 Å². The SMILES string of the molecule is O=S(=O)(CBr)N1CCC[C@@H]2O[C@H]2C1. The second kappa shape index (κ2) is 3.49. The smallest absolute Gasteiger partial charge is 0.224 e. The summed E-state index contributed by atoms with van der Waals surface area (Å²) in [7, 11) is -3.08. The van der Waals surface area contributed by atoms with Crippen molar-refractivity contribution in [1.82, 2.24) is 4.31 Å². The standard InChI is InChI=1S/C7H12BrNO3S/c8-5-13(10,11)9-3-1-2-6-7(4-9)12-6/h6-7H,1-5H2/t6-,7-/m0/s1. The summed E-state index contributed by atoms with van der Waals surface area (Å²) in [5, 5.41) is 0. The molecule has 0 unspecified atom stereocenters. The van der Waals surface area contributed by atoms with E-state index < -0.39 is 10.0 Å². The molecule has 0 aromatic heterocycles. The predicted octanol–water partition coefficient (Wildman–Crippen LogP) is 0.532. The lowest BCUT2D eigenvalue weighted by Crippen LogP contribution is -2.34. The minimum atomic E-state index is -3.08. The maximum atomic E-state index is 11.5. The number of hydrogen-bond acceptors (Lipinski definition) is 3. The molecule has 76 valence electrons. The highest BCUT2D eigenvalue weighted by atomic mass is 79.9. The minimum Gasteiger partial charge on any atom is -0.368 e. The average Bonchev–Trinajstić information content (AvgIpc) is 2.79. The van der Waals surface area contributed by atoms with Gasteiger partial charge >= 0.3 is 0 Å². The van der Waals surface area contributed by atoms with Crippen LogP contribution in [0.2, 0.25) is 0 Å². The van der Waals surface area contributed by atoms with Crippen molar-refractivity contribution < 1.29 is 13.2 Å². The van der Waals surface area contributed by atoms with Gasteiger partial charge in [0.1, 0.15) is 4.66 Å². The van der Waals surface area contributed by atoms with Gasteiger partial charge in [-0.3, -0.25) is 0 Å². The van der Waals surface area contributed by atoms with Crippen LogP contribution in [0.1, 0.15) is 12.8 Å². The average molecular weight is 270 g/mol. The molecular formula is C7H12BrNO3S. The van der Waals surface area contributed by atoms with E-state index in [4.69, 9.17) is 4.74 Å². The number of nitrogens with zero attached hydrogens (tertiary/aromatic N) is 1. The number of hydrogen-bond donors (Lipinski definition) is 0. The normalized spacial score (nSPS) is 35.2. The number of ether oxygens (including phenoxy) is 1. The van der Waals surface area contributed by atoms with E-state index in [1.807, 2.05) is 0 Å². The molecule has 2 aliphatic rings. The summed E-state index contributed by atoms with van der Waals surface area (Å²) >= 11 is 3.00. The van der Waals surface area contributed by atoms with Gasteiger partial charge in [-0.2, -0.15) is 4.31 Å². The zero-order chi connectivity index (χ0) is 9.47. The first kappa shape index (κ1) is 9.89. The van der Waals surface area contributed by atoms with Gasteiger partial charge in [-0.25, -0.2) is 8.42 Å². The molecule has 0 amide bonds. The van der Waals surface area contributed by atoms with Crippen molar-refractivity contribution in [3.8, 4) is 0 Å². The molecule has 0 saturated carbocycles. The maximum Gasteiger partial charge on any atom is 0.224 e. The van der Waals surface area contributed by atoms with Crippen molar-refractivity contribution in [2.45, 2.75) is 25.0 Å². The molecule has 4 nitrogen and oxygen atoms in total. The molecule has 13 heavy (non-hydrogen) atoms. The summed E-state index contributed by atoms with van der Waals surface area (Å²) in [6.45, 7) is 1.18. The predicted molar refractivity (Wildman–Crippen MR) is 52.2 cm³/mol. The molecule has 6 heteroatoms. The van der Waals surface area contributed by atoms with Gasteiger partial charge < -0.3 is 4.74 Å². The fraction of sp³-hybridized carbons (Fsp3) is 1.00. The number of fused-ring (bicyclic) bond motifs is 1. The Morgan fingerprint density at radius 3 is 2.92 bits per heavy atom. The van der Waals surface area contributed by atoms with E-state index in [1.54, 1.807) is 0 Å². The number of alkyl halides is 1. The fourth-order valence-electron chi connectivity index (χ4n) is 1.68. The molecule has 2 aliphatic heterocycles. The van der Waals surface area contributed by atoms with E-state index in [1.165, 1.54) is 4.31 Å². The van der Waals surface area contributed by atoms with Crippen LogP contribution in [0.15, 0.2) is 0 Å². The third-order valence-electron chi connectivity index (χ3n) is 2.50. The zero-order valence-corrected chi connectivity index (χ0v) is 9.55. The van der Waals surface area contributed by atoms with Crippen LogP contribution < -0.4 is 0 Å². The van der Waals surface area contributed by atoms with Gasteiger partial charge in [0.25, 0.3) is 0 Å². The van der Waals surface area contributed by atoms with Crippen molar-refractivity contribution in [2.75, 3.05) is 17.8 Å². The molecule has 2 atom stereocenters. The Morgan fingerprint density at radius 1 is 1.46 bits per heavy atom. The molecule has 0 aromatic carbocycles. The number of epoxide rings is 1. The van der Waals surface area contributed by atoms with E-state index in [0.29, 0.717) is 19.2 Å². The number of rotatable bonds is 2. The van der Waals surface area contributed by atoms with E-state index in [9.17, 15) is 8.42 Å². The lowest BCUT2D eigenvalue weighted by atomic mass is 10.2. The summed E-state index contributed by atoms with van der Waals surface area (Å²) in [4.78, 5) is 0. The monoisotopic (exact) mass is 269 g/mol.